The molecule has 0 spiro atoms. The van der Waals surface area contributed by atoms with Crippen molar-refractivity contribution >= 4 is 6.29 Å². The Morgan fingerprint density at radius 1 is 0.839 bits per heavy atom. The van der Waals surface area contributed by atoms with Gasteiger partial charge in [-0.05, 0) is 43.7 Å². The molecule has 1 aliphatic rings. The first-order valence-electron chi connectivity index (χ1n) is 10.2. The van der Waals surface area contributed by atoms with Crippen molar-refractivity contribution in [2.45, 2.75) is 33.5 Å². The molecule has 1 aliphatic heterocycles. The van der Waals surface area contributed by atoms with Gasteiger partial charge >= 0.3 is 0 Å². The van der Waals surface area contributed by atoms with Crippen molar-refractivity contribution in [3.8, 4) is 23.0 Å². The Bertz CT molecular complexity index is 799. The zero-order chi connectivity index (χ0) is 23.2. The maximum absolute atomic E-state index is 10.7. The second-order valence-electron chi connectivity index (χ2n) is 6.16. The van der Waals surface area contributed by atoms with Gasteiger partial charge in [0, 0.05) is 5.56 Å². The largest absolute Gasteiger partial charge is 0.497 e. The minimum Gasteiger partial charge on any atom is -0.497 e. The zero-order valence-electron chi connectivity index (χ0n) is 19.5. The summed E-state index contributed by atoms with van der Waals surface area (Å²) < 4.78 is 31.7. The maximum atomic E-state index is 10.7. The summed E-state index contributed by atoms with van der Waals surface area (Å²) in [5, 5.41) is 0. The Morgan fingerprint density at radius 2 is 1.39 bits per heavy atom. The normalized spacial score (nSPS) is 13.0. The summed E-state index contributed by atoms with van der Waals surface area (Å²) in [6, 6.07) is 9.09. The molecular formula is C24H34O7. The molecule has 3 rings (SSSR count). The van der Waals surface area contributed by atoms with Gasteiger partial charge in [-0.3, -0.25) is 4.79 Å². The van der Waals surface area contributed by atoms with Gasteiger partial charge in [0.25, 0.3) is 0 Å². The number of carbonyl (C=O) groups excluding carboxylic acids is 1. The molecule has 0 aromatic heterocycles. The van der Waals surface area contributed by atoms with Crippen molar-refractivity contribution in [2.75, 3.05) is 41.7 Å². The Morgan fingerprint density at radius 3 is 1.90 bits per heavy atom. The van der Waals surface area contributed by atoms with Crippen LogP contribution in [0.5, 0.6) is 23.0 Å². The molecule has 0 bridgehead atoms. The zero-order valence-corrected chi connectivity index (χ0v) is 19.5. The molecule has 0 unspecified atom stereocenters. The van der Waals surface area contributed by atoms with Crippen molar-refractivity contribution in [2.24, 2.45) is 0 Å². The molecule has 31 heavy (non-hydrogen) atoms. The smallest absolute Gasteiger partial charge is 0.187 e. The van der Waals surface area contributed by atoms with E-state index in [4.69, 9.17) is 28.4 Å². The first-order chi connectivity index (χ1) is 15.1. The van der Waals surface area contributed by atoms with Gasteiger partial charge in [-0.2, -0.15) is 0 Å². The summed E-state index contributed by atoms with van der Waals surface area (Å²) in [6.45, 7) is 7.25. The molecule has 1 heterocycles. The lowest BCUT2D eigenvalue weighted by Crippen LogP contribution is -2.18. The predicted molar refractivity (Wildman–Crippen MR) is 120 cm³/mol. The first kappa shape index (κ1) is 26.3. The highest BCUT2D eigenvalue weighted by molar-refractivity contribution is 5.83. The molecule has 0 aliphatic carbocycles. The van der Waals surface area contributed by atoms with Crippen LogP contribution < -0.4 is 18.9 Å². The van der Waals surface area contributed by atoms with E-state index in [9.17, 15) is 4.79 Å². The summed E-state index contributed by atoms with van der Waals surface area (Å²) in [7, 11) is 6.37. The third kappa shape index (κ3) is 7.15. The van der Waals surface area contributed by atoms with Crippen LogP contribution in [0, 0.1) is 6.92 Å². The number of rotatable bonds is 6. The average Bonchev–Trinajstić information content (AvgIpc) is 2.85. The first-order valence-corrected chi connectivity index (χ1v) is 10.2. The lowest BCUT2D eigenvalue weighted by molar-refractivity contribution is -0.183. The van der Waals surface area contributed by atoms with Crippen molar-refractivity contribution in [3.05, 3.63) is 47.0 Å². The highest BCUT2D eigenvalue weighted by Crippen LogP contribution is 2.33. The Labute approximate surface area is 185 Å². The van der Waals surface area contributed by atoms with Gasteiger partial charge < -0.3 is 28.4 Å². The predicted octanol–water partition coefficient (Wildman–Crippen LogP) is 4.99. The van der Waals surface area contributed by atoms with Crippen molar-refractivity contribution in [3.63, 3.8) is 0 Å². The Kier molecular flexibility index (Phi) is 12.1. The molecule has 0 radical (unpaired) electrons. The van der Waals surface area contributed by atoms with E-state index in [1.165, 1.54) is 7.11 Å². The monoisotopic (exact) mass is 434 g/mol. The van der Waals surface area contributed by atoms with Crippen molar-refractivity contribution in [1.29, 1.82) is 0 Å². The minimum absolute atomic E-state index is 0.348. The maximum Gasteiger partial charge on any atom is 0.187 e. The molecule has 0 saturated carbocycles. The number of aldehydes is 1. The van der Waals surface area contributed by atoms with Crippen LogP contribution >= 0.6 is 0 Å². The van der Waals surface area contributed by atoms with Gasteiger partial charge in [0.15, 0.2) is 12.6 Å². The van der Waals surface area contributed by atoms with Crippen LogP contribution in [0.15, 0.2) is 30.3 Å². The van der Waals surface area contributed by atoms with E-state index in [-0.39, 0.29) is 6.29 Å². The molecule has 7 heteroatoms. The fourth-order valence-electron chi connectivity index (χ4n) is 2.92. The van der Waals surface area contributed by atoms with Crippen LogP contribution in [0.25, 0.3) is 0 Å². The fourth-order valence-corrected chi connectivity index (χ4v) is 2.92. The molecule has 0 amide bonds. The highest BCUT2D eigenvalue weighted by atomic mass is 16.7. The van der Waals surface area contributed by atoms with Gasteiger partial charge in [0.1, 0.15) is 23.0 Å². The average molecular weight is 435 g/mol. The lowest BCUT2D eigenvalue weighted by atomic mass is 10.1. The molecular weight excluding hydrogens is 400 g/mol. The summed E-state index contributed by atoms with van der Waals surface area (Å²) in [5.74, 6) is 2.80. The summed E-state index contributed by atoms with van der Waals surface area (Å²) in [4.78, 5) is 10.7. The molecule has 172 valence electrons. The van der Waals surface area contributed by atoms with Crippen molar-refractivity contribution in [1.82, 2.24) is 0 Å². The number of benzene rings is 2. The van der Waals surface area contributed by atoms with E-state index in [0.717, 1.165) is 35.3 Å². The standard InChI is InChI=1S/C12H16O4.C10H12O3.C2H6/c1-13-9-4-5-11(14-2)10(8-9)12-15-6-3-7-16-12;1-7-8(6-11)10(13-3)5-4-9(7)12-2;1-2/h4-5,8,12H,3,6-7H2,1-2H3;4-6H,1-3H3;1-2H3. The molecule has 1 fully saturated rings. The number of carbonyl (C=O) groups is 1. The Hall–Kier alpha value is -2.77. The minimum atomic E-state index is -0.348. The van der Waals surface area contributed by atoms with E-state index < -0.39 is 0 Å². The van der Waals surface area contributed by atoms with Gasteiger partial charge in [0.05, 0.1) is 52.8 Å². The van der Waals surface area contributed by atoms with Crippen molar-refractivity contribution < 1.29 is 33.2 Å². The molecule has 2 aromatic rings. The van der Waals surface area contributed by atoms with E-state index in [1.807, 2.05) is 39.0 Å². The summed E-state index contributed by atoms with van der Waals surface area (Å²) in [6.07, 6.45) is 1.36. The third-order valence-corrected chi connectivity index (χ3v) is 4.50. The van der Waals surface area contributed by atoms with E-state index in [1.54, 1.807) is 33.5 Å². The fraction of sp³-hybridized carbons (Fsp3) is 0.458. The van der Waals surface area contributed by atoms with E-state index >= 15 is 0 Å². The molecule has 1 saturated heterocycles. The van der Waals surface area contributed by atoms with Crippen LogP contribution in [0.2, 0.25) is 0 Å². The summed E-state index contributed by atoms with van der Waals surface area (Å²) >= 11 is 0. The van der Waals surface area contributed by atoms with Gasteiger partial charge in [0.2, 0.25) is 0 Å². The van der Waals surface area contributed by atoms with Crippen LogP contribution in [0.3, 0.4) is 0 Å². The van der Waals surface area contributed by atoms with Crippen LogP contribution in [0.4, 0.5) is 0 Å². The lowest BCUT2D eigenvalue weighted by Gasteiger charge is -2.25. The Balaban J connectivity index is 0.000000293. The van der Waals surface area contributed by atoms with Gasteiger partial charge in [-0.1, -0.05) is 13.8 Å². The highest BCUT2D eigenvalue weighted by Gasteiger charge is 2.21. The molecule has 0 atom stereocenters. The number of hydrogen-bond acceptors (Lipinski definition) is 7. The number of ether oxygens (including phenoxy) is 6. The molecule has 0 N–H and O–H groups in total. The SMILES string of the molecule is CC.COc1ccc(OC)c(C2OCCCO2)c1.COc1ccc(OC)c(C=O)c1C. The topological polar surface area (TPSA) is 72.5 Å². The van der Waals surface area contributed by atoms with Crippen LogP contribution in [-0.2, 0) is 9.47 Å². The molecule has 2 aromatic carbocycles. The number of hydrogen-bond donors (Lipinski definition) is 0. The molecule has 7 nitrogen and oxygen atoms in total. The van der Waals surface area contributed by atoms with Crippen LogP contribution in [0.1, 0.15) is 48.0 Å². The van der Waals surface area contributed by atoms with E-state index in [0.29, 0.717) is 30.3 Å². The van der Waals surface area contributed by atoms with Crippen LogP contribution in [-0.4, -0.2) is 47.9 Å². The third-order valence-electron chi connectivity index (χ3n) is 4.50. The second kappa shape index (κ2) is 14.3. The quantitative estimate of drug-likeness (QED) is 0.593. The van der Waals surface area contributed by atoms with Gasteiger partial charge in [-0.25, -0.2) is 0 Å². The summed E-state index contributed by atoms with van der Waals surface area (Å²) in [5.41, 5.74) is 2.22. The van der Waals surface area contributed by atoms with Gasteiger partial charge in [-0.15, -0.1) is 0 Å². The number of methoxy groups -OCH3 is 4. The second-order valence-corrected chi connectivity index (χ2v) is 6.16. The van der Waals surface area contributed by atoms with E-state index in [2.05, 4.69) is 0 Å².